The number of hydrogen-bond donors (Lipinski definition) is 1. The SMILES string of the molecule is CC1=CC[C@H]2C(C)(C)[C@H](O)CC[C@@]2(C)[C@H]1COc1ccc2ccc(=O)oc2c1. The number of fused-ring (bicyclic) bond motifs is 2. The van der Waals surface area contributed by atoms with Gasteiger partial charge in [-0.05, 0) is 61.1 Å². The van der Waals surface area contributed by atoms with Crippen molar-refractivity contribution in [3.8, 4) is 5.75 Å². The van der Waals surface area contributed by atoms with Crippen LogP contribution in [0.15, 0.2) is 51.2 Å². The smallest absolute Gasteiger partial charge is 0.336 e. The van der Waals surface area contributed by atoms with Crippen LogP contribution in [0.4, 0.5) is 0 Å². The molecule has 0 saturated heterocycles. The number of aliphatic hydroxyl groups excluding tert-OH is 1. The third kappa shape index (κ3) is 3.08. The zero-order chi connectivity index (χ0) is 20.1. The lowest BCUT2D eigenvalue weighted by Gasteiger charge is -2.58. The number of rotatable bonds is 3. The van der Waals surface area contributed by atoms with Gasteiger partial charge in [0.15, 0.2) is 0 Å². The van der Waals surface area contributed by atoms with Crippen LogP contribution in [0.1, 0.15) is 47.0 Å². The van der Waals surface area contributed by atoms with Crippen molar-refractivity contribution >= 4 is 11.0 Å². The molecule has 1 aromatic carbocycles. The number of ether oxygens (including phenoxy) is 1. The van der Waals surface area contributed by atoms with Crippen LogP contribution in [0.2, 0.25) is 0 Å². The molecule has 1 fully saturated rings. The molecule has 1 aromatic heterocycles. The third-order valence-electron chi connectivity index (χ3n) is 7.54. The summed E-state index contributed by atoms with van der Waals surface area (Å²) < 4.78 is 11.5. The number of benzene rings is 1. The molecule has 0 unspecified atom stereocenters. The van der Waals surface area contributed by atoms with E-state index in [9.17, 15) is 9.90 Å². The van der Waals surface area contributed by atoms with Gasteiger partial charge in [-0.3, -0.25) is 0 Å². The quantitative estimate of drug-likeness (QED) is 0.603. The lowest BCUT2D eigenvalue weighted by Crippen LogP contribution is -2.55. The first-order valence-electron chi connectivity index (χ1n) is 10.2. The van der Waals surface area contributed by atoms with Crippen LogP contribution in [-0.2, 0) is 0 Å². The van der Waals surface area contributed by atoms with Gasteiger partial charge >= 0.3 is 5.63 Å². The first-order valence-corrected chi connectivity index (χ1v) is 10.2. The summed E-state index contributed by atoms with van der Waals surface area (Å²) in [5.74, 6) is 1.45. The van der Waals surface area contributed by atoms with E-state index in [-0.39, 0.29) is 22.6 Å². The molecule has 4 nitrogen and oxygen atoms in total. The lowest BCUT2D eigenvalue weighted by atomic mass is 9.48. The molecule has 4 rings (SSSR count). The second-order valence-corrected chi connectivity index (χ2v) is 9.44. The summed E-state index contributed by atoms with van der Waals surface area (Å²) in [6, 6.07) is 8.84. The van der Waals surface area contributed by atoms with Crippen molar-refractivity contribution in [3.05, 3.63) is 52.4 Å². The molecule has 28 heavy (non-hydrogen) atoms. The Morgan fingerprint density at radius 1 is 1.21 bits per heavy atom. The lowest BCUT2D eigenvalue weighted by molar-refractivity contribution is -0.119. The molecule has 0 aliphatic heterocycles. The van der Waals surface area contributed by atoms with Crippen LogP contribution in [0, 0.1) is 22.7 Å². The van der Waals surface area contributed by atoms with E-state index in [1.54, 1.807) is 12.1 Å². The fourth-order valence-corrected chi connectivity index (χ4v) is 5.66. The number of allylic oxidation sites excluding steroid dienone is 1. The molecular weight excluding hydrogens is 352 g/mol. The van der Waals surface area contributed by atoms with Gasteiger partial charge in [0.2, 0.25) is 0 Å². The maximum atomic E-state index is 11.5. The van der Waals surface area contributed by atoms with Gasteiger partial charge in [-0.2, -0.15) is 0 Å². The Kier molecular flexibility index (Phi) is 4.65. The summed E-state index contributed by atoms with van der Waals surface area (Å²) in [7, 11) is 0. The predicted molar refractivity (Wildman–Crippen MR) is 110 cm³/mol. The molecule has 2 aliphatic rings. The highest BCUT2D eigenvalue weighted by atomic mass is 16.5. The van der Waals surface area contributed by atoms with Crippen LogP contribution in [0.3, 0.4) is 0 Å². The van der Waals surface area contributed by atoms with Crippen molar-refractivity contribution in [2.75, 3.05) is 6.61 Å². The second kappa shape index (κ2) is 6.77. The number of aliphatic hydroxyl groups is 1. The molecule has 1 saturated carbocycles. The summed E-state index contributed by atoms with van der Waals surface area (Å²) in [5.41, 5.74) is 1.57. The van der Waals surface area contributed by atoms with Gasteiger partial charge in [0.05, 0.1) is 12.7 Å². The minimum absolute atomic E-state index is 0.102. The average molecular weight is 383 g/mol. The molecule has 1 N–H and O–H groups in total. The zero-order valence-electron chi connectivity index (χ0n) is 17.2. The minimum atomic E-state index is -0.353. The monoisotopic (exact) mass is 382 g/mol. The van der Waals surface area contributed by atoms with Crippen LogP contribution < -0.4 is 10.4 Å². The molecule has 0 radical (unpaired) electrons. The Bertz CT molecular complexity index is 970. The van der Waals surface area contributed by atoms with E-state index >= 15 is 0 Å². The highest BCUT2D eigenvalue weighted by Gasteiger charge is 2.55. The van der Waals surface area contributed by atoms with E-state index < -0.39 is 0 Å². The van der Waals surface area contributed by atoms with Crippen molar-refractivity contribution < 1.29 is 14.3 Å². The van der Waals surface area contributed by atoms with Crippen LogP contribution in [0.25, 0.3) is 11.0 Å². The second-order valence-electron chi connectivity index (χ2n) is 9.44. The summed E-state index contributed by atoms with van der Waals surface area (Å²) in [6.07, 6.45) is 4.95. The highest BCUT2D eigenvalue weighted by molar-refractivity contribution is 5.77. The van der Waals surface area contributed by atoms with Crippen LogP contribution in [0.5, 0.6) is 5.75 Å². The Morgan fingerprint density at radius 3 is 2.75 bits per heavy atom. The maximum absolute atomic E-state index is 11.5. The summed E-state index contributed by atoms with van der Waals surface area (Å²) in [6.45, 7) is 9.57. The van der Waals surface area contributed by atoms with Crippen molar-refractivity contribution in [1.82, 2.24) is 0 Å². The Labute approximate surface area is 166 Å². The van der Waals surface area contributed by atoms with Gasteiger partial charge in [-0.15, -0.1) is 0 Å². The molecule has 2 aromatic rings. The molecule has 0 spiro atoms. The van der Waals surface area contributed by atoms with E-state index in [1.807, 2.05) is 12.1 Å². The van der Waals surface area contributed by atoms with E-state index in [0.29, 0.717) is 24.0 Å². The highest BCUT2D eigenvalue weighted by Crippen LogP contribution is 2.59. The molecule has 2 aliphatic carbocycles. The summed E-state index contributed by atoms with van der Waals surface area (Å²) in [5, 5.41) is 11.5. The van der Waals surface area contributed by atoms with E-state index in [4.69, 9.17) is 9.15 Å². The van der Waals surface area contributed by atoms with Gasteiger partial charge in [-0.25, -0.2) is 4.79 Å². The summed E-state index contributed by atoms with van der Waals surface area (Å²) in [4.78, 5) is 11.5. The molecule has 0 amide bonds. The third-order valence-corrected chi connectivity index (χ3v) is 7.54. The van der Waals surface area contributed by atoms with E-state index in [0.717, 1.165) is 30.4 Å². The van der Waals surface area contributed by atoms with Gasteiger partial charge in [0, 0.05) is 23.4 Å². The topological polar surface area (TPSA) is 59.7 Å². The first kappa shape index (κ1) is 19.3. The maximum Gasteiger partial charge on any atom is 0.336 e. The van der Waals surface area contributed by atoms with Crippen LogP contribution >= 0.6 is 0 Å². The first-order chi connectivity index (χ1) is 13.2. The fraction of sp³-hybridized carbons (Fsp3) is 0.542. The van der Waals surface area contributed by atoms with Gasteiger partial charge < -0.3 is 14.3 Å². The predicted octanol–water partition coefficient (Wildman–Crippen LogP) is 4.94. The molecular formula is C24H30O4. The van der Waals surface area contributed by atoms with Crippen molar-refractivity contribution in [2.24, 2.45) is 22.7 Å². The zero-order valence-corrected chi connectivity index (χ0v) is 17.2. The number of hydrogen-bond acceptors (Lipinski definition) is 4. The molecule has 1 heterocycles. The van der Waals surface area contributed by atoms with Crippen molar-refractivity contribution in [1.29, 1.82) is 0 Å². The molecule has 0 bridgehead atoms. The normalized spacial score (nSPS) is 31.9. The molecule has 150 valence electrons. The Morgan fingerprint density at radius 2 is 1.96 bits per heavy atom. The van der Waals surface area contributed by atoms with Gasteiger partial charge in [-0.1, -0.05) is 32.4 Å². The van der Waals surface area contributed by atoms with Gasteiger partial charge in [0.1, 0.15) is 11.3 Å². The Hall–Kier alpha value is -2.07. The van der Waals surface area contributed by atoms with E-state index in [1.165, 1.54) is 11.6 Å². The van der Waals surface area contributed by atoms with Crippen molar-refractivity contribution in [3.63, 3.8) is 0 Å². The minimum Gasteiger partial charge on any atom is -0.493 e. The summed E-state index contributed by atoms with van der Waals surface area (Å²) >= 11 is 0. The van der Waals surface area contributed by atoms with Gasteiger partial charge in [0.25, 0.3) is 0 Å². The molecule has 4 heteroatoms. The average Bonchev–Trinajstić information content (AvgIpc) is 2.64. The fourth-order valence-electron chi connectivity index (χ4n) is 5.66. The van der Waals surface area contributed by atoms with Crippen LogP contribution in [-0.4, -0.2) is 17.8 Å². The Balaban J connectivity index is 1.59. The molecule has 4 atom stereocenters. The van der Waals surface area contributed by atoms with Crippen molar-refractivity contribution in [2.45, 2.75) is 53.1 Å². The van der Waals surface area contributed by atoms with E-state index in [2.05, 4.69) is 33.8 Å². The largest absolute Gasteiger partial charge is 0.493 e. The standard InChI is InChI=1S/C24H30O4/c1-15-5-9-20-23(2,3)21(25)11-12-24(20,4)18(15)14-27-17-8-6-16-7-10-22(26)28-19(16)13-17/h5-8,10,13,18,20-21,25H,9,11-12,14H2,1-4H3/t18-,20-,21+,24-/m0/s1.